The second-order valence-corrected chi connectivity index (χ2v) is 7.97. The number of rotatable bonds is 3. The number of aliphatic imine (C=N–C) groups is 1. The number of amidine groups is 1. The fourth-order valence-electron chi connectivity index (χ4n) is 2.58. The largest absolute Gasteiger partial charge is 0.324 e. The van der Waals surface area contributed by atoms with Crippen LogP contribution < -0.4 is 5.32 Å². The minimum absolute atomic E-state index is 0.114. The van der Waals surface area contributed by atoms with Gasteiger partial charge in [0.15, 0.2) is 5.17 Å². The van der Waals surface area contributed by atoms with Gasteiger partial charge in [0.25, 0.3) is 0 Å². The molecule has 0 aliphatic carbocycles. The van der Waals surface area contributed by atoms with Crippen molar-refractivity contribution in [3.05, 3.63) is 58.6 Å². The number of nitrogens with one attached hydrogen (secondary N) is 1. The molecular formula is C20H20ClN3O2S. The van der Waals surface area contributed by atoms with E-state index < -0.39 is 5.25 Å². The lowest BCUT2D eigenvalue weighted by Gasteiger charge is -2.29. The second kappa shape index (κ2) is 8.15. The summed E-state index contributed by atoms with van der Waals surface area (Å²) in [6, 6.07) is 12.9. The molecule has 27 heavy (non-hydrogen) atoms. The minimum Gasteiger partial charge on any atom is -0.324 e. The highest BCUT2D eigenvalue weighted by molar-refractivity contribution is 8.15. The Hall–Kier alpha value is -2.31. The van der Waals surface area contributed by atoms with E-state index in [0.29, 0.717) is 15.9 Å². The number of halogens is 1. The molecule has 2 amide bonds. The molecule has 7 heteroatoms. The molecular weight excluding hydrogens is 382 g/mol. The molecule has 2 aromatic carbocycles. The summed E-state index contributed by atoms with van der Waals surface area (Å²) in [6.07, 6.45) is 0.114. The zero-order valence-electron chi connectivity index (χ0n) is 15.3. The van der Waals surface area contributed by atoms with E-state index in [1.807, 2.05) is 32.0 Å². The molecule has 1 aliphatic heterocycles. The molecule has 0 bridgehead atoms. The molecule has 1 heterocycles. The highest BCUT2D eigenvalue weighted by atomic mass is 35.5. The van der Waals surface area contributed by atoms with Crippen LogP contribution in [0.25, 0.3) is 0 Å². The Morgan fingerprint density at radius 1 is 1.22 bits per heavy atom. The molecule has 1 fully saturated rings. The summed E-state index contributed by atoms with van der Waals surface area (Å²) in [5.41, 5.74) is 3.59. The molecule has 3 rings (SSSR count). The van der Waals surface area contributed by atoms with Crippen molar-refractivity contribution in [2.75, 3.05) is 12.4 Å². The van der Waals surface area contributed by atoms with Gasteiger partial charge in [0.1, 0.15) is 5.25 Å². The van der Waals surface area contributed by atoms with Crippen molar-refractivity contribution >= 4 is 51.7 Å². The van der Waals surface area contributed by atoms with Crippen molar-refractivity contribution in [2.24, 2.45) is 4.99 Å². The monoisotopic (exact) mass is 401 g/mol. The number of carbonyl (C=O) groups excluding carboxylic acids is 2. The van der Waals surface area contributed by atoms with Crippen LogP contribution in [0.4, 0.5) is 11.4 Å². The van der Waals surface area contributed by atoms with E-state index >= 15 is 0 Å². The average molecular weight is 402 g/mol. The number of nitrogens with zero attached hydrogens (tertiary/aromatic N) is 2. The topological polar surface area (TPSA) is 61.8 Å². The van der Waals surface area contributed by atoms with Crippen molar-refractivity contribution in [1.82, 2.24) is 4.90 Å². The SMILES string of the molecule is Cc1ccc(N=C2SC(C(=O)Nc3ccccc3Cl)CC(=O)N2C)cc1C. The molecule has 2 aromatic rings. The Balaban J connectivity index is 1.81. The number of para-hydroxylation sites is 1. The second-order valence-electron chi connectivity index (χ2n) is 6.40. The molecule has 1 saturated heterocycles. The Labute approximate surface area is 167 Å². The zero-order valence-corrected chi connectivity index (χ0v) is 16.9. The molecule has 0 saturated carbocycles. The normalized spacial score (nSPS) is 18.7. The van der Waals surface area contributed by atoms with E-state index in [1.165, 1.54) is 22.2 Å². The lowest BCUT2D eigenvalue weighted by atomic mass is 10.1. The van der Waals surface area contributed by atoms with Crippen LogP contribution in [-0.4, -0.2) is 34.2 Å². The third-order valence-corrected chi connectivity index (χ3v) is 5.98. The predicted octanol–water partition coefficient (Wildman–Crippen LogP) is 4.55. The van der Waals surface area contributed by atoms with E-state index in [1.54, 1.807) is 31.3 Å². The van der Waals surface area contributed by atoms with Gasteiger partial charge in [-0.2, -0.15) is 0 Å². The van der Waals surface area contributed by atoms with Crippen LogP contribution >= 0.6 is 23.4 Å². The average Bonchev–Trinajstić information content (AvgIpc) is 2.63. The predicted molar refractivity (Wildman–Crippen MR) is 112 cm³/mol. The quantitative estimate of drug-likeness (QED) is 0.820. The van der Waals surface area contributed by atoms with Crippen LogP contribution in [0, 0.1) is 13.8 Å². The minimum atomic E-state index is -0.560. The molecule has 140 valence electrons. The lowest BCUT2D eigenvalue weighted by Crippen LogP contribution is -2.43. The first kappa shape index (κ1) is 19.5. The highest BCUT2D eigenvalue weighted by Crippen LogP contribution is 2.30. The zero-order chi connectivity index (χ0) is 19.6. The van der Waals surface area contributed by atoms with Crippen molar-refractivity contribution in [3.8, 4) is 0 Å². The number of amides is 2. The van der Waals surface area contributed by atoms with Gasteiger partial charge in [0, 0.05) is 13.5 Å². The number of aryl methyl sites for hydroxylation is 2. The fraction of sp³-hybridized carbons (Fsp3) is 0.250. The van der Waals surface area contributed by atoms with Gasteiger partial charge >= 0.3 is 0 Å². The van der Waals surface area contributed by atoms with Gasteiger partial charge in [-0.25, -0.2) is 4.99 Å². The summed E-state index contributed by atoms with van der Waals surface area (Å²) >= 11 is 7.38. The van der Waals surface area contributed by atoms with Gasteiger partial charge in [0.2, 0.25) is 11.8 Å². The summed E-state index contributed by atoms with van der Waals surface area (Å²) in [5.74, 6) is -0.405. The number of hydrogen-bond donors (Lipinski definition) is 1. The molecule has 1 unspecified atom stereocenters. The van der Waals surface area contributed by atoms with Gasteiger partial charge in [-0.15, -0.1) is 0 Å². The third-order valence-electron chi connectivity index (χ3n) is 4.41. The summed E-state index contributed by atoms with van der Waals surface area (Å²) in [6.45, 7) is 4.05. The lowest BCUT2D eigenvalue weighted by molar-refractivity contribution is -0.128. The Morgan fingerprint density at radius 2 is 1.96 bits per heavy atom. The first-order chi connectivity index (χ1) is 12.8. The standard InChI is InChI=1S/C20H20ClN3O2S/c1-12-8-9-14(10-13(12)2)22-20-24(3)18(25)11-17(27-20)19(26)23-16-7-5-4-6-15(16)21/h4-10,17H,11H2,1-3H3,(H,23,26). The highest BCUT2D eigenvalue weighted by Gasteiger charge is 2.34. The van der Waals surface area contributed by atoms with Crippen molar-refractivity contribution < 1.29 is 9.59 Å². The van der Waals surface area contributed by atoms with E-state index in [-0.39, 0.29) is 18.2 Å². The molecule has 1 aliphatic rings. The van der Waals surface area contributed by atoms with Crippen LogP contribution in [0.2, 0.25) is 5.02 Å². The molecule has 5 nitrogen and oxygen atoms in total. The summed E-state index contributed by atoms with van der Waals surface area (Å²) in [4.78, 5) is 31.1. The fourth-order valence-corrected chi connectivity index (χ4v) is 3.83. The van der Waals surface area contributed by atoms with E-state index in [2.05, 4.69) is 10.3 Å². The van der Waals surface area contributed by atoms with Gasteiger partial charge in [-0.05, 0) is 49.2 Å². The van der Waals surface area contributed by atoms with Gasteiger partial charge in [0.05, 0.1) is 16.4 Å². The number of benzene rings is 2. The van der Waals surface area contributed by atoms with Gasteiger partial charge < -0.3 is 5.32 Å². The van der Waals surface area contributed by atoms with Crippen LogP contribution in [0.1, 0.15) is 17.5 Å². The molecule has 1 atom stereocenters. The third kappa shape index (κ3) is 4.51. The number of carbonyl (C=O) groups is 2. The summed E-state index contributed by atoms with van der Waals surface area (Å²) < 4.78 is 0. The van der Waals surface area contributed by atoms with E-state index in [4.69, 9.17) is 11.6 Å². The van der Waals surface area contributed by atoms with Gasteiger partial charge in [-0.3, -0.25) is 14.5 Å². The van der Waals surface area contributed by atoms with Crippen LogP contribution in [0.15, 0.2) is 47.5 Å². The molecule has 0 radical (unpaired) electrons. The first-order valence-electron chi connectivity index (χ1n) is 8.49. The van der Waals surface area contributed by atoms with Crippen molar-refractivity contribution in [2.45, 2.75) is 25.5 Å². The van der Waals surface area contributed by atoms with E-state index in [9.17, 15) is 9.59 Å². The van der Waals surface area contributed by atoms with Crippen LogP contribution in [-0.2, 0) is 9.59 Å². The maximum atomic E-state index is 12.7. The maximum absolute atomic E-state index is 12.7. The number of hydrogen-bond acceptors (Lipinski definition) is 4. The van der Waals surface area contributed by atoms with Crippen LogP contribution in [0.3, 0.4) is 0 Å². The Morgan fingerprint density at radius 3 is 2.67 bits per heavy atom. The molecule has 1 N–H and O–H groups in total. The smallest absolute Gasteiger partial charge is 0.238 e. The first-order valence-corrected chi connectivity index (χ1v) is 9.75. The van der Waals surface area contributed by atoms with Gasteiger partial charge in [-0.1, -0.05) is 41.6 Å². The number of thioether (sulfide) groups is 1. The summed E-state index contributed by atoms with van der Waals surface area (Å²) in [5, 5.41) is 3.20. The van der Waals surface area contributed by atoms with Crippen molar-refractivity contribution in [1.29, 1.82) is 0 Å². The van der Waals surface area contributed by atoms with E-state index in [0.717, 1.165) is 11.3 Å². The van der Waals surface area contributed by atoms with Crippen molar-refractivity contribution in [3.63, 3.8) is 0 Å². The Kier molecular flexibility index (Phi) is 5.87. The summed E-state index contributed by atoms with van der Waals surface area (Å²) in [7, 11) is 1.68. The van der Waals surface area contributed by atoms with Crippen LogP contribution in [0.5, 0.6) is 0 Å². The maximum Gasteiger partial charge on any atom is 0.238 e. The molecule has 0 spiro atoms. The molecule has 0 aromatic heterocycles. The Bertz CT molecular complexity index is 929. The number of anilines is 1.